The van der Waals surface area contributed by atoms with Crippen LogP contribution in [-0.4, -0.2) is 28.9 Å². The second kappa shape index (κ2) is 10.4. The first-order valence-corrected chi connectivity index (χ1v) is 9.61. The predicted octanol–water partition coefficient (Wildman–Crippen LogP) is 4.00. The minimum atomic E-state index is -0.240. The third kappa shape index (κ3) is 8.39. The Balaban J connectivity index is 2.30. The van der Waals surface area contributed by atoms with Gasteiger partial charge in [0.15, 0.2) is 0 Å². The number of hydrogen-bond acceptors (Lipinski definition) is 3. The summed E-state index contributed by atoms with van der Waals surface area (Å²) in [5.74, 6) is 0.820. The number of anilines is 1. The second-order valence-corrected chi connectivity index (χ2v) is 8.08. The molecule has 2 N–H and O–H groups in total. The van der Waals surface area contributed by atoms with Gasteiger partial charge in [0, 0.05) is 11.7 Å². The highest BCUT2D eigenvalue weighted by Gasteiger charge is 2.17. The van der Waals surface area contributed by atoms with Crippen molar-refractivity contribution in [3.05, 3.63) is 29.8 Å². The van der Waals surface area contributed by atoms with Crippen molar-refractivity contribution in [1.29, 1.82) is 0 Å². The molecule has 0 aromatic heterocycles. The Bertz CT molecular complexity index is 529. The van der Waals surface area contributed by atoms with E-state index in [0.717, 1.165) is 24.1 Å². The van der Waals surface area contributed by atoms with Gasteiger partial charge in [0.05, 0.1) is 11.0 Å². The fourth-order valence-corrected chi connectivity index (χ4v) is 2.82. The lowest BCUT2D eigenvalue weighted by Gasteiger charge is -2.18. The zero-order valence-electron chi connectivity index (χ0n) is 15.4. The molecule has 1 aromatic carbocycles. The third-order valence-electron chi connectivity index (χ3n) is 3.73. The highest BCUT2D eigenvalue weighted by molar-refractivity contribution is 8.01. The van der Waals surface area contributed by atoms with Crippen LogP contribution in [0.2, 0.25) is 0 Å². The van der Waals surface area contributed by atoms with E-state index in [1.165, 1.54) is 11.8 Å². The third-order valence-corrected chi connectivity index (χ3v) is 4.88. The quantitative estimate of drug-likeness (QED) is 0.708. The number of benzene rings is 1. The summed E-state index contributed by atoms with van der Waals surface area (Å²) in [4.78, 5) is 24.1. The van der Waals surface area contributed by atoms with Crippen LogP contribution in [0.25, 0.3) is 0 Å². The van der Waals surface area contributed by atoms with Crippen LogP contribution in [0.4, 0.5) is 5.69 Å². The van der Waals surface area contributed by atoms with E-state index in [-0.39, 0.29) is 28.9 Å². The second-order valence-electron chi connectivity index (χ2n) is 6.75. The monoisotopic (exact) mass is 350 g/mol. The van der Waals surface area contributed by atoms with Crippen LogP contribution in [0.3, 0.4) is 0 Å². The Morgan fingerprint density at radius 2 is 1.67 bits per heavy atom. The van der Waals surface area contributed by atoms with Gasteiger partial charge in [0.25, 0.3) is 0 Å². The minimum Gasteiger partial charge on any atom is -0.353 e. The molecule has 0 heterocycles. The normalized spacial score (nSPS) is 13.4. The molecule has 134 valence electrons. The predicted molar refractivity (Wildman–Crippen MR) is 103 cm³/mol. The highest BCUT2D eigenvalue weighted by Crippen LogP contribution is 2.14. The van der Waals surface area contributed by atoms with E-state index >= 15 is 0 Å². The van der Waals surface area contributed by atoms with Gasteiger partial charge < -0.3 is 10.6 Å². The summed E-state index contributed by atoms with van der Waals surface area (Å²) in [6, 6.07) is 7.84. The van der Waals surface area contributed by atoms with Gasteiger partial charge in [0.1, 0.15) is 0 Å². The molecule has 2 atom stereocenters. The van der Waals surface area contributed by atoms with E-state index in [2.05, 4.69) is 24.5 Å². The first kappa shape index (κ1) is 20.6. The minimum absolute atomic E-state index is 0.000563. The van der Waals surface area contributed by atoms with Crippen LogP contribution in [0, 0.1) is 12.8 Å². The molecule has 5 heteroatoms. The molecule has 0 saturated carbocycles. The number of carbonyl (C=O) groups excluding carboxylic acids is 2. The van der Waals surface area contributed by atoms with Crippen molar-refractivity contribution in [3.8, 4) is 0 Å². The van der Waals surface area contributed by atoms with Gasteiger partial charge in [-0.3, -0.25) is 9.59 Å². The number of nitrogens with one attached hydrogen (secondary N) is 2. The average Bonchev–Trinajstić information content (AvgIpc) is 2.52. The Morgan fingerprint density at radius 1 is 1.04 bits per heavy atom. The van der Waals surface area contributed by atoms with Gasteiger partial charge in [-0.25, -0.2) is 0 Å². The summed E-state index contributed by atoms with van der Waals surface area (Å²) in [5.41, 5.74) is 1.94. The van der Waals surface area contributed by atoms with Gasteiger partial charge >= 0.3 is 0 Å². The Kier molecular flexibility index (Phi) is 8.90. The molecule has 0 aliphatic carbocycles. The lowest BCUT2D eigenvalue weighted by molar-refractivity contribution is -0.120. The van der Waals surface area contributed by atoms with Crippen LogP contribution in [-0.2, 0) is 9.59 Å². The number of amides is 2. The van der Waals surface area contributed by atoms with Crippen LogP contribution in [0.5, 0.6) is 0 Å². The topological polar surface area (TPSA) is 58.2 Å². The van der Waals surface area contributed by atoms with E-state index < -0.39 is 0 Å². The number of thioether (sulfide) groups is 1. The summed E-state index contributed by atoms with van der Waals surface area (Å²) in [6.45, 7) is 10.2. The zero-order valence-corrected chi connectivity index (χ0v) is 16.2. The van der Waals surface area contributed by atoms with Crippen LogP contribution in [0.15, 0.2) is 24.3 Å². The first-order valence-electron chi connectivity index (χ1n) is 8.56. The molecule has 0 aliphatic rings. The number of hydrogen-bond donors (Lipinski definition) is 2. The molecule has 0 radical (unpaired) electrons. The lowest BCUT2D eigenvalue weighted by Crippen LogP contribution is -2.38. The molecule has 4 nitrogen and oxygen atoms in total. The number of carbonyl (C=O) groups is 2. The Labute approximate surface area is 150 Å². The van der Waals surface area contributed by atoms with Crippen molar-refractivity contribution in [1.82, 2.24) is 5.32 Å². The summed E-state index contributed by atoms with van der Waals surface area (Å²) in [5, 5.41) is 5.63. The maximum Gasteiger partial charge on any atom is 0.234 e. The van der Waals surface area contributed by atoms with Crippen molar-refractivity contribution in [2.24, 2.45) is 5.92 Å². The Morgan fingerprint density at radius 3 is 2.25 bits per heavy atom. The van der Waals surface area contributed by atoms with Crippen LogP contribution >= 0.6 is 11.8 Å². The molecule has 2 amide bonds. The molecular weight excluding hydrogens is 320 g/mol. The molecule has 0 saturated heterocycles. The van der Waals surface area contributed by atoms with Gasteiger partial charge in [-0.15, -0.1) is 11.8 Å². The van der Waals surface area contributed by atoms with E-state index in [1.54, 1.807) is 0 Å². The van der Waals surface area contributed by atoms with E-state index in [0.29, 0.717) is 5.92 Å². The van der Waals surface area contributed by atoms with Gasteiger partial charge in [-0.05, 0) is 51.7 Å². The molecule has 1 aromatic rings. The largest absolute Gasteiger partial charge is 0.353 e. The smallest absolute Gasteiger partial charge is 0.234 e. The average molecular weight is 351 g/mol. The van der Waals surface area contributed by atoms with E-state index in [1.807, 2.05) is 45.0 Å². The standard InChI is InChI=1S/C19H30N2O2S/c1-13(2)6-9-15(4)20-19(23)16(5)24-12-18(22)21-17-10-7-14(3)8-11-17/h7-8,10-11,13,15-16H,6,9,12H2,1-5H3,(H,20,23)(H,21,22). The van der Waals surface area contributed by atoms with Gasteiger partial charge in [-0.1, -0.05) is 31.5 Å². The fraction of sp³-hybridized carbons (Fsp3) is 0.579. The van der Waals surface area contributed by atoms with Crippen molar-refractivity contribution in [3.63, 3.8) is 0 Å². The molecule has 24 heavy (non-hydrogen) atoms. The molecule has 0 bridgehead atoms. The molecule has 1 rings (SSSR count). The maximum atomic E-state index is 12.1. The van der Waals surface area contributed by atoms with Crippen molar-refractivity contribution >= 4 is 29.3 Å². The SMILES string of the molecule is Cc1ccc(NC(=O)CSC(C)C(=O)NC(C)CCC(C)C)cc1. The highest BCUT2D eigenvalue weighted by atomic mass is 32.2. The van der Waals surface area contributed by atoms with Gasteiger partial charge in [0.2, 0.25) is 11.8 Å². The molecule has 0 fully saturated rings. The van der Waals surface area contributed by atoms with E-state index in [4.69, 9.17) is 0 Å². The molecule has 2 unspecified atom stereocenters. The first-order chi connectivity index (χ1) is 11.3. The number of aryl methyl sites for hydroxylation is 1. The van der Waals surface area contributed by atoms with Crippen LogP contribution < -0.4 is 10.6 Å². The molecular formula is C19H30N2O2S. The summed E-state index contributed by atoms with van der Waals surface area (Å²) < 4.78 is 0. The zero-order chi connectivity index (χ0) is 18.1. The summed E-state index contributed by atoms with van der Waals surface area (Å²) in [7, 11) is 0. The van der Waals surface area contributed by atoms with E-state index in [9.17, 15) is 9.59 Å². The van der Waals surface area contributed by atoms with Crippen molar-refractivity contribution in [2.45, 2.75) is 58.8 Å². The number of rotatable bonds is 9. The van der Waals surface area contributed by atoms with Gasteiger partial charge in [-0.2, -0.15) is 0 Å². The Hall–Kier alpha value is -1.49. The maximum absolute atomic E-state index is 12.1. The van der Waals surface area contributed by atoms with Crippen molar-refractivity contribution < 1.29 is 9.59 Å². The molecule has 0 spiro atoms. The molecule has 0 aliphatic heterocycles. The summed E-state index contributed by atoms with van der Waals surface area (Å²) in [6.07, 6.45) is 2.08. The summed E-state index contributed by atoms with van der Waals surface area (Å²) >= 11 is 1.36. The van der Waals surface area contributed by atoms with Crippen molar-refractivity contribution in [2.75, 3.05) is 11.1 Å². The van der Waals surface area contributed by atoms with Crippen LogP contribution in [0.1, 0.15) is 46.1 Å². The fourth-order valence-electron chi connectivity index (χ4n) is 2.13. The lowest BCUT2D eigenvalue weighted by atomic mass is 10.0.